The molecule has 0 fully saturated rings. The Morgan fingerprint density at radius 1 is 1.30 bits per heavy atom. The second kappa shape index (κ2) is 7.25. The summed E-state index contributed by atoms with van der Waals surface area (Å²) in [5, 5.41) is 14.2. The molecular formula is C13H17F3N2O2. The highest BCUT2D eigenvalue weighted by Crippen LogP contribution is 2.31. The van der Waals surface area contributed by atoms with E-state index in [0.717, 1.165) is 12.1 Å². The number of nitrogens with one attached hydrogen (secondary N) is 2. The van der Waals surface area contributed by atoms with E-state index in [1.165, 1.54) is 12.1 Å². The maximum Gasteiger partial charge on any atom is 0.417 e. The van der Waals surface area contributed by atoms with Crippen LogP contribution in [0.3, 0.4) is 0 Å². The van der Waals surface area contributed by atoms with Crippen LogP contribution >= 0.6 is 0 Å². The molecule has 0 aromatic heterocycles. The highest BCUT2D eigenvalue weighted by molar-refractivity contribution is 5.95. The molecule has 7 heteroatoms. The molecule has 1 atom stereocenters. The van der Waals surface area contributed by atoms with Crippen LogP contribution in [-0.2, 0) is 6.18 Å². The molecule has 0 aliphatic rings. The molecular weight excluding hydrogens is 273 g/mol. The van der Waals surface area contributed by atoms with Gasteiger partial charge in [0.2, 0.25) is 0 Å². The second-order valence-corrected chi connectivity index (χ2v) is 4.35. The fraction of sp³-hybridized carbons (Fsp3) is 0.462. The Morgan fingerprint density at radius 3 is 2.55 bits per heavy atom. The fourth-order valence-corrected chi connectivity index (χ4v) is 1.60. The van der Waals surface area contributed by atoms with E-state index in [1.54, 1.807) is 6.92 Å². The number of hydrogen-bond acceptors (Lipinski definition) is 3. The summed E-state index contributed by atoms with van der Waals surface area (Å²) in [7, 11) is 0. The maximum absolute atomic E-state index is 12.7. The fourth-order valence-electron chi connectivity index (χ4n) is 1.60. The lowest BCUT2D eigenvalue weighted by molar-refractivity contribution is -0.137. The third kappa shape index (κ3) is 5.18. The van der Waals surface area contributed by atoms with Crippen LogP contribution in [0, 0.1) is 0 Å². The summed E-state index contributed by atoms with van der Waals surface area (Å²) in [6.07, 6.45) is -5.07. The molecule has 1 amide bonds. The minimum atomic E-state index is -4.56. The van der Waals surface area contributed by atoms with Gasteiger partial charge in [-0.25, -0.2) is 0 Å². The van der Waals surface area contributed by atoms with E-state index in [1.807, 2.05) is 0 Å². The van der Waals surface area contributed by atoms with Crippen LogP contribution in [0.15, 0.2) is 24.3 Å². The zero-order valence-electron chi connectivity index (χ0n) is 11.0. The summed E-state index contributed by atoms with van der Waals surface area (Å²) in [6.45, 7) is 2.50. The van der Waals surface area contributed by atoms with Crippen LogP contribution in [0.25, 0.3) is 0 Å². The average Bonchev–Trinajstić information content (AvgIpc) is 2.36. The van der Waals surface area contributed by atoms with Crippen molar-refractivity contribution in [3.63, 3.8) is 0 Å². The van der Waals surface area contributed by atoms with Crippen molar-refractivity contribution in [2.45, 2.75) is 19.2 Å². The van der Waals surface area contributed by atoms with Gasteiger partial charge < -0.3 is 15.7 Å². The molecule has 0 saturated heterocycles. The predicted octanol–water partition coefficient (Wildman–Crippen LogP) is 1.41. The van der Waals surface area contributed by atoms with Gasteiger partial charge in [-0.2, -0.15) is 13.2 Å². The first-order valence-corrected chi connectivity index (χ1v) is 6.15. The molecule has 1 unspecified atom stereocenters. The van der Waals surface area contributed by atoms with Gasteiger partial charge in [-0.05, 0) is 19.1 Å². The van der Waals surface area contributed by atoms with Gasteiger partial charge in [-0.15, -0.1) is 0 Å². The lowest BCUT2D eigenvalue weighted by Crippen LogP contribution is -2.35. The number of hydrogen-bond donors (Lipinski definition) is 3. The van der Waals surface area contributed by atoms with E-state index in [4.69, 9.17) is 5.11 Å². The highest BCUT2D eigenvalue weighted by Gasteiger charge is 2.34. The number of aliphatic hydroxyl groups is 1. The molecule has 20 heavy (non-hydrogen) atoms. The summed E-state index contributed by atoms with van der Waals surface area (Å²) in [5.41, 5.74) is -1.34. The summed E-state index contributed by atoms with van der Waals surface area (Å²) in [5.74, 6) is -0.767. The molecule has 1 aromatic rings. The van der Waals surface area contributed by atoms with E-state index < -0.39 is 29.3 Å². The van der Waals surface area contributed by atoms with E-state index in [9.17, 15) is 18.0 Å². The standard InChI is InChI=1S/C13H17F3N2O2/c1-9(19)8-17-6-7-18-12(20)10-4-2-3-5-11(10)13(14,15)16/h2-5,9,17,19H,6-8H2,1H3,(H,18,20). The first kappa shape index (κ1) is 16.5. The third-order valence-electron chi connectivity index (χ3n) is 2.50. The molecule has 1 aromatic carbocycles. The quantitative estimate of drug-likeness (QED) is 0.694. The normalized spacial score (nSPS) is 13.1. The van der Waals surface area contributed by atoms with Gasteiger partial charge in [-0.3, -0.25) is 4.79 Å². The Morgan fingerprint density at radius 2 is 1.95 bits per heavy atom. The van der Waals surface area contributed by atoms with Gasteiger partial charge in [0.25, 0.3) is 5.91 Å². The number of benzene rings is 1. The Kier molecular flexibility index (Phi) is 5.97. The van der Waals surface area contributed by atoms with Gasteiger partial charge in [0.05, 0.1) is 17.2 Å². The Bertz CT molecular complexity index is 447. The highest BCUT2D eigenvalue weighted by atomic mass is 19.4. The van der Waals surface area contributed by atoms with Crippen molar-refractivity contribution in [2.75, 3.05) is 19.6 Å². The van der Waals surface area contributed by atoms with Crippen molar-refractivity contribution in [2.24, 2.45) is 0 Å². The molecule has 0 bridgehead atoms. The molecule has 0 spiro atoms. The Balaban J connectivity index is 2.56. The van der Waals surface area contributed by atoms with Crippen LogP contribution in [0.4, 0.5) is 13.2 Å². The second-order valence-electron chi connectivity index (χ2n) is 4.35. The molecule has 112 valence electrons. The first-order chi connectivity index (χ1) is 9.32. The van der Waals surface area contributed by atoms with Crippen molar-refractivity contribution in [1.82, 2.24) is 10.6 Å². The van der Waals surface area contributed by atoms with Crippen molar-refractivity contribution < 1.29 is 23.1 Å². The summed E-state index contributed by atoms with van der Waals surface area (Å²) in [6, 6.07) is 4.64. The number of rotatable bonds is 6. The predicted molar refractivity (Wildman–Crippen MR) is 68.3 cm³/mol. The Labute approximate surface area is 115 Å². The van der Waals surface area contributed by atoms with E-state index in [0.29, 0.717) is 13.1 Å². The number of carbonyl (C=O) groups is 1. The van der Waals surface area contributed by atoms with E-state index >= 15 is 0 Å². The van der Waals surface area contributed by atoms with Gasteiger partial charge in [0.1, 0.15) is 0 Å². The molecule has 4 nitrogen and oxygen atoms in total. The first-order valence-electron chi connectivity index (χ1n) is 6.15. The van der Waals surface area contributed by atoms with E-state index in [2.05, 4.69) is 10.6 Å². The maximum atomic E-state index is 12.7. The van der Waals surface area contributed by atoms with Crippen molar-refractivity contribution in [3.05, 3.63) is 35.4 Å². The van der Waals surface area contributed by atoms with Crippen molar-refractivity contribution in [3.8, 4) is 0 Å². The zero-order valence-corrected chi connectivity index (χ0v) is 11.0. The van der Waals surface area contributed by atoms with Gasteiger partial charge in [-0.1, -0.05) is 12.1 Å². The minimum absolute atomic E-state index is 0.178. The largest absolute Gasteiger partial charge is 0.417 e. The van der Waals surface area contributed by atoms with Crippen molar-refractivity contribution >= 4 is 5.91 Å². The number of amides is 1. The minimum Gasteiger partial charge on any atom is -0.392 e. The Hall–Kier alpha value is -1.60. The van der Waals surface area contributed by atoms with E-state index in [-0.39, 0.29) is 6.54 Å². The molecule has 1 rings (SSSR count). The summed E-state index contributed by atoms with van der Waals surface area (Å²) < 4.78 is 38.2. The summed E-state index contributed by atoms with van der Waals surface area (Å²) >= 11 is 0. The monoisotopic (exact) mass is 290 g/mol. The van der Waals surface area contributed by atoms with Gasteiger partial charge in [0, 0.05) is 19.6 Å². The molecule has 0 aliphatic carbocycles. The van der Waals surface area contributed by atoms with Crippen LogP contribution in [-0.4, -0.2) is 36.8 Å². The van der Waals surface area contributed by atoms with Crippen LogP contribution in [0.5, 0.6) is 0 Å². The third-order valence-corrected chi connectivity index (χ3v) is 2.50. The number of alkyl halides is 3. The van der Waals surface area contributed by atoms with Crippen LogP contribution in [0.1, 0.15) is 22.8 Å². The SMILES string of the molecule is CC(O)CNCCNC(=O)c1ccccc1C(F)(F)F. The number of aliphatic hydroxyl groups excluding tert-OH is 1. The lowest BCUT2D eigenvalue weighted by atomic mass is 10.1. The number of carbonyl (C=O) groups excluding carboxylic acids is 1. The molecule has 0 heterocycles. The molecule has 0 radical (unpaired) electrons. The molecule has 0 aliphatic heterocycles. The van der Waals surface area contributed by atoms with Crippen molar-refractivity contribution in [1.29, 1.82) is 0 Å². The lowest BCUT2D eigenvalue weighted by Gasteiger charge is -2.13. The number of halogens is 3. The summed E-state index contributed by atoms with van der Waals surface area (Å²) in [4.78, 5) is 11.7. The van der Waals surface area contributed by atoms with Gasteiger partial charge >= 0.3 is 6.18 Å². The zero-order chi connectivity index (χ0) is 15.2. The molecule has 0 saturated carbocycles. The topological polar surface area (TPSA) is 61.4 Å². The molecule has 3 N–H and O–H groups in total. The van der Waals surface area contributed by atoms with Crippen LogP contribution in [0.2, 0.25) is 0 Å². The van der Waals surface area contributed by atoms with Crippen LogP contribution < -0.4 is 10.6 Å². The van der Waals surface area contributed by atoms with Gasteiger partial charge in [0.15, 0.2) is 0 Å². The average molecular weight is 290 g/mol. The smallest absolute Gasteiger partial charge is 0.392 e.